The summed E-state index contributed by atoms with van der Waals surface area (Å²) in [5, 5.41) is 3.36. The van der Waals surface area contributed by atoms with Crippen molar-refractivity contribution in [3.05, 3.63) is 0 Å². The van der Waals surface area contributed by atoms with Crippen LogP contribution in [0.5, 0.6) is 0 Å². The van der Waals surface area contributed by atoms with E-state index in [9.17, 15) is 4.79 Å². The van der Waals surface area contributed by atoms with Gasteiger partial charge in [-0.2, -0.15) is 0 Å². The molecule has 4 rings (SSSR count). The number of nitrogens with two attached hydrogens (primary N) is 1. The van der Waals surface area contributed by atoms with Gasteiger partial charge in [-0.05, 0) is 75.5 Å². The zero-order chi connectivity index (χ0) is 13.4. The quantitative estimate of drug-likeness (QED) is 0.801. The molecule has 0 radical (unpaired) electrons. The average molecular weight is 264 g/mol. The van der Waals surface area contributed by atoms with E-state index in [-0.39, 0.29) is 11.9 Å². The molecule has 4 aliphatic rings. The second-order valence-electron chi connectivity index (χ2n) is 7.39. The van der Waals surface area contributed by atoms with Crippen molar-refractivity contribution in [2.24, 2.45) is 29.4 Å². The molecule has 3 N–H and O–H groups in total. The van der Waals surface area contributed by atoms with E-state index in [1.807, 2.05) is 6.92 Å². The molecule has 1 unspecified atom stereocenters. The van der Waals surface area contributed by atoms with Crippen LogP contribution in [0.25, 0.3) is 0 Å². The molecule has 108 valence electrons. The number of hydrogen-bond acceptors (Lipinski definition) is 2. The average Bonchev–Trinajstić information content (AvgIpc) is 2.32. The highest BCUT2D eigenvalue weighted by molar-refractivity contribution is 5.76. The Hall–Kier alpha value is -0.570. The second kappa shape index (κ2) is 5.43. The third-order valence-electron chi connectivity index (χ3n) is 5.62. The van der Waals surface area contributed by atoms with E-state index in [4.69, 9.17) is 5.73 Å². The highest BCUT2D eigenvalue weighted by atomic mass is 16.1. The standard InChI is InChI=1S/C16H28N2O/c1-10(17)3-2-4-15(19)18-16-13-6-11-5-12(8-13)9-14(16)7-11/h10-14,16H,2-9,17H2,1H3,(H,18,19). The van der Waals surface area contributed by atoms with Crippen LogP contribution in [0.4, 0.5) is 0 Å². The Kier molecular flexibility index (Phi) is 3.84. The van der Waals surface area contributed by atoms with Gasteiger partial charge in [0.2, 0.25) is 5.91 Å². The number of carbonyl (C=O) groups is 1. The Morgan fingerprint density at radius 2 is 1.74 bits per heavy atom. The highest BCUT2D eigenvalue weighted by Crippen LogP contribution is 2.53. The molecule has 3 heteroatoms. The van der Waals surface area contributed by atoms with Crippen LogP contribution in [0, 0.1) is 23.7 Å². The van der Waals surface area contributed by atoms with E-state index in [2.05, 4.69) is 5.32 Å². The van der Waals surface area contributed by atoms with Gasteiger partial charge in [-0.15, -0.1) is 0 Å². The van der Waals surface area contributed by atoms with Gasteiger partial charge in [-0.25, -0.2) is 0 Å². The van der Waals surface area contributed by atoms with Crippen LogP contribution < -0.4 is 11.1 Å². The van der Waals surface area contributed by atoms with Crippen molar-refractivity contribution < 1.29 is 4.79 Å². The number of amides is 1. The van der Waals surface area contributed by atoms with Crippen LogP contribution in [0.15, 0.2) is 0 Å². The molecule has 3 nitrogen and oxygen atoms in total. The molecule has 4 bridgehead atoms. The summed E-state index contributed by atoms with van der Waals surface area (Å²) < 4.78 is 0. The molecule has 0 aromatic rings. The molecule has 0 aromatic heterocycles. The minimum atomic E-state index is 0.217. The molecule has 1 atom stereocenters. The summed E-state index contributed by atoms with van der Waals surface area (Å²) in [4.78, 5) is 12.1. The number of carbonyl (C=O) groups excluding carboxylic acids is 1. The minimum absolute atomic E-state index is 0.217. The molecule has 0 saturated heterocycles. The predicted molar refractivity (Wildman–Crippen MR) is 76.5 cm³/mol. The third kappa shape index (κ3) is 2.96. The lowest BCUT2D eigenvalue weighted by Gasteiger charge is -2.54. The van der Waals surface area contributed by atoms with Crippen LogP contribution >= 0.6 is 0 Å². The Balaban J connectivity index is 1.48. The summed E-state index contributed by atoms with van der Waals surface area (Å²) in [5.74, 6) is 3.79. The van der Waals surface area contributed by atoms with E-state index in [0.29, 0.717) is 12.5 Å². The molecule has 0 spiro atoms. The van der Waals surface area contributed by atoms with Crippen LogP contribution in [0.1, 0.15) is 58.3 Å². The molecule has 0 heterocycles. The Labute approximate surface area is 116 Å². The van der Waals surface area contributed by atoms with Crippen molar-refractivity contribution in [2.45, 2.75) is 70.4 Å². The molecule has 0 aliphatic heterocycles. The maximum absolute atomic E-state index is 12.1. The van der Waals surface area contributed by atoms with E-state index in [0.717, 1.165) is 36.5 Å². The van der Waals surface area contributed by atoms with Crippen LogP contribution in [0.2, 0.25) is 0 Å². The number of nitrogens with one attached hydrogen (secondary N) is 1. The van der Waals surface area contributed by atoms with E-state index in [1.54, 1.807) is 0 Å². The number of rotatable bonds is 5. The van der Waals surface area contributed by atoms with Crippen LogP contribution in [-0.4, -0.2) is 18.0 Å². The minimum Gasteiger partial charge on any atom is -0.353 e. The van der Waals surface area contributed by atoms with Crippen molar-refractivity contribution >= 4 is 5.91 Å². The lowest BCUT2D eigenvalue weighted by atomic mass is 9.54. The van der Waals surface area contributed by atoms with Gasteiger partial charge in [-0.3, -0.25) is 4.79 Å². The van der Waals surface area contributed by atoms with Gasteiger partial charge in [0, 0.05) is 18.5 Å². The smallest absolute Gasteiger partial charge is 0.220 e. The summed E-state index contributed by atoms with van der Waals surface area (Å²) in [5.41, 5.74) is 5.73. The van der Waals surface area contributed by atoms with Gasteiger partial charge in [0.15, 0.2) is 0 Å². The van der Waals surface area contributed by atoms with Crippen molar-refractivity contribution in [3.63, 3.8) is 0 Å². The summed E-state index contributed by atoms with van der Waals surface area (Å²) in [6, 6.07) is 0.713. The van der Waals surface area contributed by atoms with Crippen LogP contribution in [-0.2, 0) is 4.79 Å². The van der Waals surface area contributed by atoms with E-state index in [1.165, 1.54) is 32.1 Å². The SMILES string of the molecule is CC(N)CCCC(=O)NC1C2CC3CC(C2)CC1C3. The zero-order valence-electron chi connectivity index (χ0n) is 12.1. The molecule has 4 saturated carbocycles. The fraction of sp³-hybridized carbons (Fsp3) is 0.938. The molecule has 1 amide bonds. The molecule has 4 fully saturated rings. The lowest BCUT2D eigenvalue weighted by molar-refractivity contribution is -0.125. The number of hydrogen-bond donors (Lipinski definition) is 2. The summed E-state index contributed by atoms with van der Waals surface area (Å²) in [7, 11) is 0. The Morgan fingerprint density at radius 3 is 2.26 bits per heavy atom. The maximum Gasteiger partial charge on any atom is 0.220 e. The fourth-order valence-corrected chi connectivity index (χ4v) is 5.00. The Morgan fingerprint density at radius 1 is 1.16 bits per heavy atom. The third-order valence-corrected chi connectivity index (χ3v) is 5.62. The first-order valence-corrected chi connectivity index (χ1v) is 8.16. The van der Waals surface area contributed by atoms with Gasteiger partial charge >= 0.3 is 0 Å². The Bertz CT molecular complexity index is 312. The molecule has 0 aromatic carbocycles. The normalized spacial score (nSPS) is 41.3. The summed E-state index contributed by atoms with van der Waals surface area (Å²) >= 11 is 0. The van der Waals surface area contributed by atoms with Gasteiger partial charge < -0.3 is 11.1 Å². The lowest BCUT2D eigenvalue weighted by Crippen LogP contribution is -2.55. The van der Waals surface area contributed by atoms with Crippen molar-refractivity contribution in [3.8, 4) is 0 Å². The first kappa shape index (κ1) is 13.4. The second-order valence-corrected chi connectivity index (χ2v) is 7.39. The topological polar surface area (TPSA) is 55.1 Å². The van der Waals surface area contributed by atoms with Gasteiger partial charge in [-0.1, -0.05) is 0 Å². The first-order chi connectivity index (χ1) is 9.11. The first-order valence-electron chi connectivity index (χ1n) is 8.16. The molecule has 4 aliphatic carbocycles. The van der Waals surface area contributed by atoms with Crippen molar-refractivity contribution in [1.29, 1.82) is 0 Å². The van der Waals surface area contributed by atoms with Crippen molar-refractivity contribution in [2.75, 3.05) is 0 Å². The summed E-state index contributed by atoms with van der Waals surface area (Å²) in [6.45, 7) is 2.01. The van der Waals surface area contributed by atoms with Crippen molar-refractivity contribution in [1.82, 2.24) is 5.32 Å². The van der Waals surface area contributed by atoms with E-state index < -0.39 is 0 Å². The molecular formula is C16H28N2O. The fourth-order valence-electron chi connectivity index (χ4n) is 5.00. The predicted octanol–water partition coefficient (Wildman–Crippen LogP) is 2.44. The zero-order valence-corrected chi connectivity index (χ0v) is 12.1. The maximum atomic E-state index is 12.1. The van der Waals surface area contributed by atoms with Gasteiger partial charge in [0.05, 0.1) is 0 Å². The molecule has 19 heavy (non-hydrogen) atoms. The molecular weight excluding hydrogens is 236 g/mol. The monoisotopic (exact) mass is 264 g/mol. The highest BCUT2D eigenvalue weighted by Gasteiger charge is 2.48. The largest absolute Gasteiger partial charge is 0.353 e. The van der Waals surface area contributed by atoms with Gasteiger partial charge in [0.25, 0.3) is 0 Å². The van der Waals surface area contributed by atoms with Gasteiger partial charge in [0.1, 0.15) is 0 Å². The van der Waals surface area contributed by atoms with Crippen LogP contribution in [0.3, 0.4) is 0 Å². The summed E-state index contributed by atoms with van der Waals surface area (Å²) in [6.07, 6.45) is 9.50. The van der Waals surface area contributed by atoms with E-state index >= 15 is 0 Å².